The van der Waals surface area contributed by atoms with Gasteiger partial charge in [0, 0.05) is 18.7 Å². The lowest BCUT2D eigenvalue weighted by Crippen LogP contribution is -2.06. The summed E-state index contributed by atoms with van der Waals surface area (Å²) >= 11 is 0. The van der Waals surface area contributed by atoms with Crippen LogP contribution in [0.2, 0.25) is 0 Å². The van der Waals surface area contributed by atoms with E-state index in [9.17, 15) is 16.8 Å². The van der Waals surface area contributed by atoms with Crippen molar-refractivity contribution in [3.63, 3.8) is 0 Å². The summed E-state index contributed by atoms with van der Waals surface area (Å²) < 4.78 is 66.9. The molecule has 0 radical (unpaired) electrons. The maximum atomic E-state index is 11.2. The van der Waals surface area contributed by atoms with Crippen molar-refractivity contribution in [3.05, 3.63) is 72.1 Å². The van der Waals surface area contributed by atoms with Crippen LogP contribution in [0.25, 0.3) is 44.6 Å². The van der Waals surface area contributed by atoms with E-state index >= 15 is 0 Å². The third kappa shape index (κ3) is 7.06. The minimum Gasteiger partial charge on any atom is -0.328 e. The van der Waals surface area contributed by atoms with Crippen LogP contribution >= 0.6 is 0 Å². The number of fused-ring (bicyclic) bond motifs is 2. The van der Waals surface area contributed by atoms with Gasteiger partial charge in [-0.05, 0) is 81.0 Å². The van der Waals surface area contributed by atoms with Gasteiger partial charge in [-0.3, -0.25) is 9.11 Å². The molecule has 0 saturated heterocycles. The molecule has 10 nitrogen and oxygen atoms in total. The van der Waals surface area contributed by atoms with E-state index in [0.29, 0.717) is 38.8 Å². The maximum absolute atomic E-state index is 11.2. The van der Waals surface area contributed by atoms with Crippen molar-refractivity contribution in [1.82, 2.24) is 19.1 Å². The van der Waals surface area contributed by atoms with E-state index < -0.39 is 20.2 Å². The predicted molar refractivity (Wildman–Crippen MR) is 165 cm³/mol. The molecule has 0 atom stereocenters. The van der Waals surface area contributed by atoms with Crippen molar-refractivity contribution in [3.8, 4) is 22.5 Å². The van der Waals surface area contributed by atoms with Gasteiger partial charge in [-0.2, -0.15) is 16.8 Å². The third-order valence-corrected chi connectivity index (χ3v) is 8.97. The minimum absolute atomic E-state index is 0.256. The van der Waals surface area contributed by atoms with Gasteiger partial charge in [0.1, 0.15) is 11.6 Å². The molecule has 0 saturated carbocycles. The van der Waals surface area contributed by atoms with E-state index in [1.54, 1.807) is 0 Å². The molecule has 0 amide bonds. The van der Waals surface area contributed by atoms with Gasteiger partial charge in [0.2, 0.25) is 0 Å². The molecule has 2 N–H and O–H groups in total. The molecule has 42 heavy (non-hydrogen) atoms. The monoisotopic (exact) mass is 610 g/mol. The van der Waals surface area contributed by atoms with Crippen LogP contribution in [-0.4, -0.2) is 56.5 Å². The van der Waals surface area contributed by atoms with Crippen LogP contribution in [0.5, 0.6) is 0 Å². The largest absolute Gasteiger partial charge is 0.328 e. The highest BCUT2D eigenvalue weighted by molar-refractivity contribution is 7.86. The Morgan fingerprint density at radius 1 is 0.643 bits per heavy atom. The summed E-state index contributed by atoms with van der Waals surface area (Å²) in [6.07, 6.45) is 1.85. The van der Waals surface area contributed by atoms with Crippen LogP contribution in [0.4, 0.5) is 0 Å². The Hall–Kier alpha value is -3.58. The van der Waals surface area contributed by atoms with E-state index in [4.69, 9.17) is 19.1 Å². The number of hydrogen-bond donors (Lipinski definition) is 2. The van der Waals surface area contributed by atoms with Gasteiger partial charge >= 0.3 is 0 Å². The molecule has 0 aliphatic carbocycles. The third-order valence-electron chi connectivity index (χ3n) is 7.36. The SMILES string of the molecule is Cc1cccc(-c2nc3ccc(-c4ccc5c(c4)nc(C)n5CCCCS(=O)(=O)O)cc3n2CCCCS(=O)(=O)O)c1. The van der Waals surface area contributed by atoms with Gasteiger partial charge in [-0.1, -0.05) is 35.9 Å². The Morgan fingerprint density at radius 3 is 1.95 bits per heavy atom. The first kappa shape index (κ1) is 29.9. The van der Waals surface area contributed by atoms with Gasteiger partial charge in [-0.25, -0.2) is 9.97 Å². The van der Waals surface area contributed by atoms with Gasteiger partial charge in [0.25, 0.3) is 20.2 Å². The van der Waals surface area contributed by atoms with E-state index in [0.717, 1.165) is 56.0 Å². The normalized spacial score (nSPS) is 12.5. The number of aryl methyl sites for hydroxylation is 4. The molecule has 0 aliphatic heterocycles. The molecule has 0 spiro atoms. The van der Waals surface area contributed by atoms with E-state index in [-0.39, 0.29) is 11.5 Å². The second-order valence-electron chi connectivity index (χ2n) is 10.7. The van der Waals surface area contributed by atoms with Crippen LogP contribution in [0.1, 0.15) is 37.1 Å². The zero-order valence-electron chi connectivity index (χ0n) is 23.6. The predicted octanol–water partition coefficient (Wildman–Crippen LogP) is 5.67. The Bertz CT molecular complexity index is 1980. The van der Waals surface area contributed by atoms with E-state index in [1.165, 1.54) is 0 Å². The molecular weight excluding hydrogens is 576 g/mol. The minimum atomic E-state index is -4.02. The van der Waals surface area contributed by atoms with Crippen molar-refractivity contribution < 1.29 is 25.9 Å². The van der Waals surface area contributed by atoms with Crippen molar-refractivity contribution in [2.45, 2.75) is 52.6 Å². The number of aromatic nitrogens is 4. The second-order valence-corrected chi connectivity index (χ2v) is 13.8. The molecule has 0 fully saturated rings. The van der Waals surface area contributed by atoms with E-state index in [1.807, 2.05) is 62.4 Å². The number of hydrogen-bond acceptors (Lipinski definition) is 6. The van der Waals surface area contributed by atoms with Crippen LogP contribution in [-0.2, 0) is 33.3 Å². The molecule has 0 aliphatic rings. The average Bonchev–Trinajstić information content (AvgIpc) is 3.43. The molecule has 0 unspecified atom stereocenters. The fourth-order valence-corrected chi connectivity index (χ4v) is 6.49. The number of imidazole rings is 2. The number of benzene rings is 3. The van der Waals surface area contributed by atoms with Gasteiger partial charge in [0.05, 0.1) is 33.6 Å². The first-order valence-corrected chi connectivity index (χ1v) is 17.0. The average molecular weight is 611 g/mol. The van der Waals surface area contributed by atoms with Gasteiger partial charge < -0.3 is 9.13 Å². The Balaban J connectivity index is 1.47. The summed E-state index contributed by atoms with van der Waals surface area (Å²) in [7, 11) is -7.98. The lowest BCUT2D eigenvalue weighted by atomic mass is 10.0. The Labute approximate surface area is 245 Å². The summed E-state index contributed by atoms with van der Waals surface area (Å²) in [5.74, 6) is 1.09. The lowest BCUT2D eigenvalue weighted by Gasteiger charge is -2.11. The smallest absolute Gasteiger partial charge is 0.264 e. The highest BCUT2D eigenvalue weighted by atomic mass is 32.2. The van der Waals surface area contributed by atoms with Crippen LogP contribution in [0.3, 0.4) is 0 Å². The Kier molecular flexibility index (Phi) is 8.51. The van der Waals surface area contributed by atoms with Crippen molar-refractivity contribution in [2.24, 2.45) is 0 Å². The molecule has 12 heteroatoms. The van der Waals surface area contributed by atoms with Gasteiger partial charge in [0.15, 0.2) is 0 Å². The van der Waals surface area contributed by atoms with Crippen LogP contribution in [0.15, 0.2) is 60.7 Å². The maximum Gasteiger partial charge on any atom is 0.264 e. The summed E-state index contributed by atoms with van der Waals surface area (Å²) in [6.45, 7) is 5.09. The summed E-state index contributed by atoms with van der Waals surface area (Å²) in [5.41, 5.74) is 7.60. The van der Waals surface area contributed by atoms with Crippen LogP contribution < -0.4 is 0 Å². The fourth-order valence-electron chi connectivity index (χ4n) is 5.35. The molecular formula is C30H34N4O6S2. The first-order chi connectivity index (χ1) is 19.9. The number of nitrogens with zero attached hydrogens (tertiary/aromatic N) is 4. The quantitative estimate of drug-likeness (QED) is 0.136. The summed E-state index contributed by atoms with van der Waals surface area (Å²) in [4.78, 5) is 9.66. The second kappa shape index (κ2) is 12.0. The Morgan fingerprint density at radius 2 is 1.29 bits per heavy atom. The van der Waals surface area contributed by atoms with Crippen molar-refractivity contribution in [2.75, 3.05) is 11.5 Å². The highest BCUT2D eigenvalue weighted by Gasteiger charge is 2.16. The number of unbranched alkanes of at least 4 members (excludes halogenated alkanes) is 2. The van der Waals surface area contributed by atoms with Crippen molar-refractivity contribution in [1.29, 1.82) is 0 Å². The highest BCUT2D eigenvalue weighted by Crippen LogP contribution is 2.31. The lowest BCUT2D eigenvalue weighted by molar-refractivity contribution is 0.476. The zero-order valence-corrected chi connectivity index (χ0v) is 25.2. The summed E-state index contributed by atoms with van der Waals surface area (Å²) in [6, 6.07) is 20.3. The molecule has 5 rings (SSSR count). The van der Waals surface area contributed by atoms with E-state index in [2.05, 4.69) is 21.3 Å². The molecule has 5 aromatic rings. The molecule has 2 aromatic heterocycles. The molecule has 222 valence electrons. The first-order valence-electron chi connectivity index (χ1n) is 13.8. The fraction of sp³-hybridized carbons (Fsp3) is 0.333. The van der Waals surface area contributed by atoms with Gasteiger partial charge in [-0.15, -0.1) is 0 Å². The molecule has 3 aromatic carbocycles. The van der Waals surface area contributed by atoms with Crippen LogP contribution in [0, 0.1) is 13.8 Å². The number of rotatable bonds is 12. The topological polar surface area (TPSA) is 144 Å². The summed E-state index contributed by atoms with van der Waals surface area (Å²) in [5, 5.41) is 0. The molecule has 2 heterocycles. The zero-order chi connectivity index (χ0) is 30.1. The van der Waals surface area contributed by atoms with Crippen molar-refractivity contribution >= 4 is 42.3 Å². The molecule has 0 bridgehead atoms. The standard InChI is InChI=1S/C30H34N4O6S2/c1-21-8-7-9-25(18-21)30-32-26-12-10-24(20-29(26)34(30)15-4-6-17-42(38,39)40)23-11-13-28-27(19-23)31-22(2)33(28)14-3-5-16-41(35,36)37/h7-13,18-20H,3-6,14-17H2,1-2H3,(H,35,36,37)(H,38,39,40).